The molecule has 8 heteroatoms. The van der Waals surface area contributed by atoms with E-state index in [2.05, 4.69) is 325 Å². The van der Waals surface area contributed by atoms with Crippen molar-refractivity contribution in [3.8, 4) is 78.9 Å². The fraction of sp³-hybridized carbons (Fsp3) is 0. The summed E-state index contributed by atoms with van der Waals surface area (Å²) in [5.74, 6) is 1.26. The molecule has 0 atom stereocenters. The lowest BCUT2D eigenvalue weighted by molar-refractivity contribution is 0.651. The van der Waals surface area contributed by atoms with Gasteiger partial charge in [0.25, 0.3) is 0 Å². The van der Waals surface area contributed by atoms with Crippen molar-refractivity contribution in [1.82, 2.24) is 29.1 Å². The van der Waals surface area contributed by atoms with E-state index in [4.69, 9.17) is 24.4 Å². The quantitative estimate of drug-likeness (QED) is 0.152. The van der Waals surface area contributed by atoms with Gasteiger partial charge in [0, 0.05) is 53.5 Å². The second-order valence-electron chi connectivity index (χ2n) is 24.4. The highest BCUT2D eigenvalue weighted by atomic mass is 32.1. The molecule has 0 spiro atoms. The average molecular weight is 1240 g/mol. The maximum atomic E-state index is 6.74. The van der Waals surface area contributed by atoms with E-state index in [1.165, 1.54) is 70.0 Å². The highest BCUT2D eigenvalue weighted by molar-refractivity contribution is 7.25. The highest BCUT2D eigenvalue weighted by Gasteiger charge is 2.26. The first-order chi connectivity index (χ1) is 47.6. The number of thiophene rings is 1. The van der Waals surface area contributed by atoms with Crippen molar-refractivity contribution in [2.45, 2.75) is 0 Å². The standard InChI is InChI=1S/C44H27N3O.C44H27N3S/c2*1-4-14-28(15-5-1)34-26-37-40(27-35(34)29-16-6-2-7-17-29)48-43-41(37)42(30-18-8-3-9-19-30)45-44(46-43)47-38-23-13-12-22-33(38)36-24-31-20-10-11-21-32(31)25-39(36)47/h2*1-27H. The molecule has 20 aromatic rings. The lowest BCUT2D eigenvalue weighted by Crippen LogP contribution is -2.02. The van der Waals surface area contributed by atoms with E-state index in [1.807, 2.05) is 12.1 Å². The first-order valence-corrected chi connectivity index (χ1v) is 33.2. The summed E-state index contributed by atoms with van der Waals surface area (Å²) in [6.45, 7) is 0. The maximum Gasteiger partial charge on any atom is 0.238 e. The molecule has 6 heterocycles. The van der Waals surface area contributed by atoms with Crippen LogP contribution < -0.4 is 0 Å². The third-order valence-electron chi connectivity index (χ3n) is 18.8. The first kappa shape index (κ1) is 55.1. The van der Waals surface area contributed by atoms with Gasteiger partial charge in [0.1, 0.15) is 10.4 Å². The molecule has 0 aliphatic rings. The lowest BCUT2D eigenvalue weighted by atomic mass is 9.92. The van der Waals surface area contributed by atoms with Crippen molar-refractivity contribution >= 4 is 119 Å². The third-order valence-corrected chi connectivity index (χ3v) is 19.9. The molecule has 0 saturated carbocycles. The Hall–Kier alpha value is -12.6. The first-order valence-electron chi connectivity index (χ1n) is 32.3. The van der Waals surface area contributed by atoms with Crippen LogP contribution >= 0.6 is 11.3 Å². The normalized spacial score (nSPS) is 11.8. The lowest BCUT2D eigenvalue weighted by Gasteiger charge is -2.12. The molecule has 0 N–H and O–H groups in total. The Morgan fingerprint density at radius 1 is 0.260 bits per heavy atom. The van der Waals surface area contributed by atoms with Crippen LogP contribution in [0.1, 0.15) is 0 Å². The van der Waals surface area contributed by atoms with Gasteiger partial charge in [0.15, 0.2) is 0 Å². The summed E-state index contributed by atoms with van der Waals surface area (Å²) in [5.41, 5.74) is 18.8. The molecule has 14 aromatic carbocycles. The summed E-state index contributed by atoms with van der Waals surface area (Å²) in [4.78, 5) is 22.4. The van der Waals surface area contributed by atoms with Crippen LogP contribution in [-0.4, -0.2) is 29.1 Å². The number of rotatable bonds is 8. The van der Waals surface area contributed by atoms with Gasteiger partial charge >= 0.3 is 0 Å². The van der Waals surface area contributed by atoms with Gasteiger partial charge in [-0.3, -0.25) is 9.13 Å². The fourth-order valence-corrected chi connectivity index (χ4v) is 15.5. The number of nitrogens with zero attached hydrogens (tertiary/aromatic N) is 6. The number of hydrogen-bond donors (Lipinski definition) is 0. The second-order valence-corrected chi connectivity index (χ2v) is 25.5. The zero-order valence-corrected chi connectivity index (χ0v) is 52.5. The molecule has 0 fully saturated rings. The van der Waals surface area contributed by atoms with Gasteiger partial charge in [-0.05, 0) is 127 Å². The number of fused-ring (bicyclic) bond motifs is 14. The van der Waals surface area contributed by atoms with Crippen LogP contribution in [0.5, 0.6) is 0 Å². The molecular formula is C88H54N6OS. The Kier molecular flexibility index (Phi) is 13.0. The number of para-hydroxylation sites is 2. The van der Waals surface area contributed by atoms with Crippen LogP contribution in [0.15, 0.2) is 332 Å². The van der Waals surface area contributed by atoms with E-state index in [9.17, 15) is 0 Å². The largest absolute Gasteiger partial charge is 0.437 e. The van der Waals surface area contributed by atoms with Gasteiger partial charge in [-0.15, -0.1) is 11.3 Å². The van der Waals surface area contributed by atoms with Crippen LogP contribution in [0.3, 0.4) is 0 Å². The predicted octanol–water partition coefficient (Wildman–Crippen LogP) is 23.7. The number of aromatic nitrogens is 6. The van der Waals surface area contributed by atoms with Gasteiger partial charge in [-0.2, -0.15) is 4.98 Å². The van der Waals surface area contributed by atoms with E-state index < -0.39 is 0 Å². The molecule has 0 radical (unpaired) electrons. The minimum Gasteiger partial charge on any atom is -0.437 e. The van der Waals surface area contributed by atoms with E-state index in [-0.39, 0.29) is 0 Å². The molecule has 0 saturated heterocycles. The van der Waals surface area contributed by atoms with Crippen molar-refractivity contribution in [2.75, 3.05) is 0 Å². The van der Waals surface area contributed by atoms with Crippen LogP contribution in [-0.2, 0) is 0 Å². The van der Waals surface area contributed by atoms with E-state index in [0.717, 1.165) is 98.8 Å². The number of benzene rings is 14. The average Bonchev–Trinajstić information content (AvgIpc) is 1.57. The molecule has 0 aliphatic heterocycles. The Morgan fingerprint density at radius 2 is 0.625 bits per heavy atom. The molecular weight excluding hydrogens is 1190 g/mol. The van der Waals surface area contributed by atoms with Gasteiger partial charge in [-0.25, -0.2) is 15.0 Å². The van der Waals surface area contributed by atoms with Crippen molar-refractivity contribution in [1.29, 1.82) is 0 Å². The predicted molar refractivity (Wildman–Crippen MR) is 401 cm³/mol. The Morgan fingerprint density at radius 3 is 1.09 bits per heavy atom. The molecule has 7 nitrogen and oxygen atoms in total. The molecule has 0 aliphatic carbocycles. The minimum atomic E-state index is 0.560. The van der Waals surface area contributed by atoms with Gasteiger partial charge < -0.3 is 4.42 Å². The van der Waals surface area contributed by atoms with Crippen molar-refractivity contribution in [2.24, 2.45) is 0 Å². The zero-order chi connectivity index (χ0) is 63.2. The SMILES string of the molecule is c1ccc(-c2cc3oc4nc(-n5c6ccccc6c6cc7ccccc7cc65)nc(-c5ccccc5)c4c3cc2-c2ccccc2)cc1.c1ccc(-c2cc3sc4nc(-n5c6ccccc6c6cc7ccccc7cc65)nc(-c5ccccc5)c4c3cc2-c2ccccc2)cc1. The van der Waals surface area contributed by atoms with Crippen molar-refractivity contribution in [3.05, 3.63) is 328 Å². The summed E-state index contributed by atoms with van der Waals surface area (Å²) < 4.78 is 12.4. The summed E-state index contributed by atoms with van der Waals surface area (Å²) >= 11 is 1.74. The molecule has 448 valence electrons. The van der Waals surface area contributed by atoms with E-state index in [1.54, 1.807) is 11.3 Å². The van der Waals surface area contributed by atoms with Crippen LogP contribution in [0.4, 0.5) is 0 Å². The molecule has 0 bridgehead atoms. The molecule has 96 heavy (non-hydrogen) atoms. The highest BCUT2D eigenvalue weighted by Crippen LogP contribution is 2.47. The van der Waals surface area contributed by atoms with Crippen LogP contribution in [0.25, 0.3) is 186 Å². The smallest absolute Gasteiger partial charge is 0.238 e. The fourth-order valence-electron chi connectivity index (χ4n) is 14.4. The minimum absolute atomic E-state index is 0.560. The molecule has 20 rings (SSSR count). The van der Waals surface area contributed by atoms with Crippen molar-refractivity contribution < 1.29 is 4.42 Å². The van der Waals surface area contributed by atoms with Crippen LogP contribution in [0.2, 0.25) is 0 Å². The summed E-state index contributed by atoms with van der Waals surface area (Å²) in [5, 5.41) is 13.7. The number of hydrogen-bond acceptors (Lipinski definition) is 6. The second kappa shape index (κ2) is 22.6. The molecule has 0 amide bonds. The number of furan rings is 1. The Balaban J connectivity index is 0.000000135. The maximum absolute atomic E-state index is 6.74. The summed E-state index contributed by atoms with van der Waals surface area (Å²) in [6, 6.07) is 116. The summed E-state index contributed by atoms with van der Waals surface area (Å²) in [7, 11) is 0. The van der Waals surface area contributed by atoms with Gasteiger partial charge in [-0.1, -0.05) is 267 Å². The Bertz CT molecular complexity index is 6030. The Labute approximate surface area is 555 Å². The molecule has 0 unspecified atom stereocenters. The van der Waals surface area contributed by atoms with Crippen molar-refractivity contribution in [3.63, 3.8) is 0 Å². The topological polar surface area (TPSA) is 74.6 Å². The molecule has 6 aromatic heterocycles. The zero-order valence-electron chi connectivity index (χ0n) is 51.7. The van der Waals surface area contributed by atoms with Gasteiger partial charge in [0.2, 0.25) is 17.6 Å². The van der Waals surface area contributed by atoms with Gasteiger partial charge in [0.05, 0.1) is 38.8 Å². The third kappa shape index (κ3) is 9.18. The van der Waals surface area contributed by atoms with E-state index >= 15 is 0 Å². The van der Waals surface area contributed by atoms with E-state index in [0.29, 0.717) is 17.6 Å². The van der Waals surface area contributed by atoms with Crippen LogP contribution in [0, 0.1) is 0 Å². The monoisotopic (exact) mass is 1240 g/mol. The summed E-state index contributed by atoms with van der Waals surface area (Å²) in [6.07, 6.45) is 0.